The standard InChI is InChI=1S/C14H19NO2/c1-11(2)17-13-8-6-12(7-9-13)15-10-4-3-5-14(15)16/h6-9,11H,3-5,10H2,1-2H3. The summed E-state index contributed by atoms with van der Waals surface area (Å²) in [7, 11) is 0. The maximum atomic E-state index is 11.8. The number of ether oxygens (including phenoxy) is 1. The number of piperidine rings is 1. The highest BCUT2D eigenvalue weighted by Crippen LogP contribution is 2.23. The van der Waals surface area contributed by atoms with Crippen molar-refractivity contribution in [1.82, 2.24) is 0 Å². The van der Waals surface area contributed by atoms with Crippen molar-refractivity contribution in [3.63, 3.8) is 0 Å². The Morgan fingerprint density at radius 1 is 1.18 bits per heavy atom. The van der Waals surface area contributed by atoms with Crippen LogP contribution in [-0.4, -0.2) is 18.6 Å². The Balaban J connectivity index is 2.08. The number of hydrogen-bond acceptors (Lipinski definition) is 2. The minimum Gasteiger partial charge on any atom is -0.491 e. The lowest BCUT2D eigenvalue weighted by atomic mass is 10.1. The van der Waals surface area contributed by atoms with Gasteiger partial charge in [0.05, 0.1) is 6.10 Å². The molecule has 1 saturated heterocycles. The lowest BCUT2D eigenvalue weighted by Crippen LogP contribution is -2.35. The maximum Gasteiger partial charge on any atom is 0.226 e. The number of hydrogen-bond donors (Lipinski definition) is 0. The molecule has 0 atom stereocenters. The molecule has 1 aliphatic rings. The van der Waals surface area contributed by atoms with E-state index < -0.39 is 0 Å². The van der Waals surface area contributed by atoms with E-state index in [9.17, 15) is 4.79 Å². The van der Waals surface area contributed by atoms with Gasteiger partial charge < -0.3 is 9.64 Å². The van der Waals surface area contributed by atoms with E-state index in [1.807, 2.05) is 43.0 Å². The fourth-order valence-corrected chi connectivity index (χ4v) is 2.06. The summed E-state index contributed by atoms with van der Waals surface area (Å²) in [4.78, 5) is 13.6. The third kappa shape index (κ3) is 2.99. The van der Waals surface area contributed by atoms with Crippen molar-refractivity contribution in [3.05, 3.63) is 24.3 Å². The van der Waals surface area contributed by atoms with Crippen molar-refractivity contribution in [1.29, 1.82) is 0 Å². The lowest BCUT2D eigenvalue weighted by Gasteiger charge is -2.26. The average molecular weight is 233 g/mol. The van der Waals surface area contributed by atoms with Crippen molar-refractivity contribution in [2.24, 2.45) is 0 Å². The summed E-state index contributed by atoms with van der Waals surface area (Å²) < 4.78 is 5.58. The largest absolute Gasteiger partial charge is 0.491 e. The summed E-state index contributed by atoms with van der Waals surface area (Å²) in [6.45, 7) is 4.84. The highest BCUT2D eigenvalue weighted by Gasteiger charge is 2.19. The molecule has 1 heterocycles. The van der Waals surface area contributed by atoms with Gasteiger partial charge in [-0.2, -0.15) is 0 Å². The van der Waals surface area contributed by atoms with E-state index in [0.717, 1.165) is 30.8 Å². The molecule has 0 bridgehead atoms. The minimum atomic E-state index is 0.178. The quantitative estimate of drug-likeness (QED) is 0.803. The molecule has 1 fully saturated rings. The molecule has 3 nitrogen and oxygen atoms in total. The molecular weight excluding hydrogens is 214 g/mol. The molecule has 1 amide bonds. The summed E-state index contributed by atoms with van der Waals surface area (Å²) >= 11 is 0. The number of amides is 1. The molecule has 0 unspecified atom stereocenters. The van der Waals surface area contributed by atoms with Gasteiger partial charge in [-0.25, -0.2) is 0 Å². The number of carbonyl (C=O) groups is 1. The number of nitrogens with zero attached hydrogens (tertiary/aromatic N) is 1. The molecule has 0 aliphatic carbocycles. The maximum absolute atomic E-state index is 11.8. The number of benzene rings is 1. The van der Waals surface area contributed by atoms with Crippen LogP contribution in [0, 0.1) is 0 Å². The summed E-state index contributed by atoms with van der Waals surface area (Å²) in [6.07, 6.45) is 2.96. The van der Waals surface area contributed by atoms with Gasteiger partial charge in [-0.1, -0.05) is 0 Å². The predicted octanol–water partition coefficient (Wildman–Crippen LogP) is 2.99. The molecule has 0 aromatic heterocycles. The van der Waals surface area contributed by atoms with Gasteiger partial charge >= 0.3 is 0 Å². The van der Waals surface area contributed by atoms with Crippen LogP contribution in [0.4, 0.5) is 5.69 Å². The van der Waals surface area contributed by atoms with Gasteiger partial charge in [0.2, 0.25) is 5.91 Å². The van der Waals surface area contributed by atoms with Gasteiger partial charge in [-0.15, -0.1) is 0 Å². The van der Waals surface area contributed by atoms with E-state index in [-0.39, 0.29) is 12.0 Å². The molecule has 17 heavy (non-hydrogen) atoms. The molecule has 0 saturated carbocycles. The summed E-state index contributed by atoms with van der Waals surface area (Å²) in [5.41, 5.74) is 0.978. The Labute approximate surface area is 102 Å². The van der Waals surface area contributed by atoms with Crippen LogP contribution < -0.4 is 9.64 Å². The van der Waals surface area contributed by atoms with Crippen LogP contribution >= 0.6 is 0 Å². The summed E-state index contributed by atoms with van der Waals surface area (Å²) in [5, 5.41) is 0. The second kappa shape index (κ2) is 5.21. The number of carbonyl (C=O) groups excluding carboxylic acids is 1. The van der Waals surface area contributed by atoms with Crippen LogP contribution in [0.5, 0.6) is 5.75 Å². The first kappa shape index (κ1) is 12.0. The molecule has 0 radical (unpaired) electrons. The van der Waals surface area contributed by atoms with Crippen LogP contribution in [0.1, 0.15) is 33.1 Å². The Hall–Kier alpha value is -1.51. The predicted molar refractivity (Wildman–Crippen MR) is 68.4 cm³/mol. The zero-order valence-electron chi connectivity index (χ0n) is 10.5. The summed E-state index contributed by atoms with van der Waals surface area (Å²) in [5.74, 6) is 1.09. The molecule has 3 heteroatoms. The van der Waals surface area contributed by atoms with Crippen LogP contribution in [0.25, 0.3) is 0 Å². The zero-order valence-corrected chi connectivity index (χ0v) is 10.5. The monoisotopic (exact) mass is 233 g/mol. The van der Waals surface area contributed by atoms with Gasteiger partial charge in [-0.3, -0.25) is 4.79 Å². The smallest absolute Gasteiger partial charge is 0.226 e. The summed E-state index contributed by atoms with van der Waals surface area (Å²) in [6, 6.07) is 7.77. The number of rotatable bonds is 3. The van der Waals surface area contributed by atoms with E-state index >= 15 is 0 Å². The van der Waals surface area contributed by atoms with E-state index in [1.165, 1.54) is 0 Å². The second-order valence-corrected chi connectivity index (χ2v) is 4.66. The van der Waals surface area contributed by atoms with Crippen LogP contribution in [0.15, 0.2) is 24.3 Å². The first-order valence-corrected chi connectivity index (χ1v) is 6.24. The zero-order chi connectivity index (χ0) is 12.3. The topological polar surface area (TPSA) is 29.5 Å². The van der Waals surface area contributed by atoms with Crippen LogP contribution in [0.2, 0.25) is 0 Å². The van der Waals surface area contributed by atoms with Gasteiger partial charge in [0.1, 0.15) is 5.75 Å². The fourth-order valence-electron chi connectivity index (χ4n) is 2.06. The molecule has 2 rings (SSSR count). The Morgan fingerprint density at radius 2 is 1.88 bits per heavy atom. The first-order valence-electron chi connectivity index (χ1n) is 6.24. The Kier molecular flexibility index (Phi) is 3.67. The minimum absolute atomic E-state index is 0.178. The third-order valence-corrected chi connectivity index (χ3v) is 2.84. The molecule has 1 aromatic carbocycles. The van der Waals surface area contributed by atoms with Gasteiger partial charge in [0.25, 0.3) is 0 Å². The van der Waals surface area contributed by atoms with Crippen molar-refractivity contribution < 1.29 is 9.53 Å². The second-order valence-electron chi connectivity index (χ2n) is 4.66. The lowest BCUT2D eigenvalue weighted by molar-refractivity contribution is -0.119. The van der Waals surface area contributed by atoms with E-state index in [2.05, 4.69) is 0 Å². The number of anilines is 1. The van der Waals surface area contributed by atoms with Gasteiger partial charge in [-0.05, 0) is 51.0 Å². The van der Waals surface area contributed by atoms with Crippen LogP contribution in [-0.2, 0) is 4.79 Å². The molecular formula is C14H19NO2. The van der Waals surface area contributed by atoms with Crippen LogP contribution in [0.3, 0.4) is 0 Å². The van der Waals surface area contributed by atoms with Gasteiger partial charge in [0.15, 0.2) is 0 Å². The van der Waals surface area contributed by atoms with Gasteiger partial charge in [0, 0.05) is 18.7 Å². The van der Waals surface area contributed by atoms with E-state index in [1.54, 1.807) is 0 Å². The van der Waals surface area contributed by atoms with E-state index in [4.69, 9.17) is 4.74 Å². The molecule has 92 valence electrons. The fraction of sp³-hybridized carbons (Fsp3) is 0.500. The SMILES string of the molecule is CC(C)Oc1ccc(N2CCCCC2=O)cc1. The van der Waals surface area contributed by atoms with Crippen molar-refractivity contribution in [2.75, 3.05) is 11.4 Å². The molecule has 0 spiro atoms. The molecule has 0 N–H and O–H groups in total. The molecule has 1 aliphatic heterocycles. The first-order chi connectivity index (χ1) is 8.16. The highest BCUT2D eigenvalue weighted by atomic mass is 16.5. The average Bonchev–Trinajstić information content (AvgIpc) is 2.30. The highest BCUT2D eigenvalue weighted by molar-refractivity contribution is 5.93. The van der Waals surface area contributed by atoms with E-state index in [0.29, 0.717) is 6.42 Å². The van der Waals surface area contributed by atoms with Crippen molar-refractivity contribution in [3.8, 4) is 5.75 Å². The van der Waals surface area contributed by atoms with Crippen molar-refractivity contribution >= 4 is 11.6 Å². The Bertz CT molecular complexity index is 384. The molecule has 1 aromatic rings. The normalized spacial score (nSPS) is 16.4. The third-order valence-electron chi connectivity index (χ3n) is 2.84. The Morgan fingerprint density at radius 3 is 2.47 bits per heavy atom. The van der Waals surface area contributed by atoms with Crippen molar-refractivity contribution in [2.45, 2.75) is 39.2 Å².